The number of aliphatic imine (C=N–C) groups is 1. The molecule has 3 heterocycles. The maximum atomic E-state index is 5.90. The number of rotatable bonds is 7. The third-order valence-corrected chi connectivity index (χ3v) is 4.59. The minimum Gasteiger partial charge on any atom is -0.373 e. The molecule has 24 heavy (non-hydrogen) atoms. The average Bonchev–Trinajstić information content (AvgIpc) is 3.28. The quantitative estimate of drug-likeness (QED) is 0.450. The zero-order valence-electron chi connectivity index (χ0n) is 14.9. The second-order valence-electron chi connectivity index (χ2n) is 6.93. The summed E-state index contributed by atoms with van der Waals surface area (Å²) in [5.74, 6) is 2.66. The van der Waals surface area contributed by atoms with E-state index in [1.54, 1.807) is 0 Å². The summed E-state index contributed by atoms with van der Waals surface area (Å²) in [4.78, 5) is 9.06. The number of hydrogen-bond acceptors (Lipinski definition) is 5. The van der Waals surface area contributed by atoms with E-state index in [-0.39, 0.29) is 0 Å². The largest absolute Gasteiger partial charge is 0.373 e. The van der Waals surface area contributed by atoms with Crippen LogP contribution in [0.4, 0.5) is 0 Å². The summed E-state index contributed by atoms with van der Waals surface area (Å²) in [6, 6.07) is 0.395. The van der Waals surface area contributed by atoms with Gasteiger partial charge >= 0.3 is 0 Å². The van der Waals surface area contributed by atoms with Crippen LogP contribution in [-0.2, 0) is 11.2 Å². The van der Waals surface area contributed by atoms with Gasteiger partial charge in [0, 0.05) is 25.4 Å². The van der Waals surface area contributed by atoms with E-state index in [0.29, 0.717) is 30.1 Å². The van der Waals surface area contributed by atoms with Gasteiger partial charge in [0.2, 0.25) is 5.89 Å². The summed E-state index contributed by atoms with van der Waals surface area (Å²) >= 11 is 0. The van der Waals surface area contributed by atoms with Gasteiger partial charge in [0.05, 0.1) is 18.2 Å². The highest BCUT2D eigenvalue weighted by Gasteiger charge is 2.41. The van der Waals surface area contributed by atoms with Crippen LogP contribution >= 0.6 is 0 Å². The first-order valence-electron chi connectivity index (χ1n) is 9.18. The van der Waals surface area contributed by atoms with E-state index in [4.69, 9.17) is 9.26 Å². The molecule has 1 aromatic rings. The van der Waals surface area contributed by atoms with Crippen LogP contribution in [0.2, 0.25) is 0 Å². The molecule has 0 aliphatic carbocycles. The SMILES string of the molecule is CCNC(=NCCCc1nc(C(C)C)no1)NC1CC2CCC1O2. The van der Waals surface area contributed by atoms with Crippen molar-refractivity contribution in [1.82, 2.24) is 20.8 Å². The summed E-state index contributed by atoms with van der Waals surface area (Å²) in [5, 5.41) is 10.8. The van der Waals surface area contributed by atoms with Crippen molar-refractivity contribution in [3.8, 4) is 0 Å². The van der Waals surface area contributed by atoms with E-state index in [0.717, 1.165) is 50.6 Å². The molecule has 0 radical (unpaired) electrons. The van der Waals surface area contributed by atoms with Gasteiger partial charge < -0.3 is 19.9 Å². The highest BCUT2D eigenvalue weighted by Crippen LogP contribution is 2.34. The van der Waals surface area contributed by atoms with Gasteiger partial charge in [-0.15, -0.1) is 0 Å². The van der Waals surface area contributed by atoms with Crippen molar-refractivity contribution >= 4 is 5.96 Å². The minimum atomic E-state index is 0.300. The maximum Gasteiger partial charge on any atom is 0.226 e. The molecule has 2 saturated heterocycles. The highest BCUT2D eigenvalue weighted by molar-refractivity contribution is 5.80. The van der Waals surface area contributed by atoms with Crippen LogP contribution in [0.1, 0.15) is 64.1 Å². The first-order valence-corrected chi connectivity index (χ1v) is 9.18. The third-order valence-electron chi connectivity index (χ3n) is 4.59. The molecular weight excluding hydrogens is 306 g/mol. The Balaban J connectivity index is 1.45. The molecule has 3 rings (SSSR count). The number of hydrogen-bond donors (Lipinski definition) is 2. The Morgan fingerprint density at radius 1 is 1.38 bits per heavy atom. The van der Waals surface area contributed by atoms with Gasteiger partial charge in [-0.1, -0.05) is 19.0 Å². The zero-order valence-corrected chi connectivity index (χ0v) is 14.9. The van der Waals surface area contributed by atoms with Crippen LogP contribution in [-0.4, -0.2) is 47.4 Å². The van der Waals surface area contributed by atoms with Gasteiger partial charge in [0.1, 0.15) is 0 Å². The second-order valence-corrected chi connectivity index (χ2v) is 6.93. The van der Waals surface area contributed by atoms with Crippen LogP contribution in [0, 0.1) is 0 Å². The van der Waals surface area contributed by atoms with Crippen molar-refractivity contribution in [3.63, 3.8) is 0 Å². The van der Waals surface area contributed by atoms with Crippen LogP contribution in [0.5, 0.6) is 0 Å². The number of ether oxygens (including phenoxy) is 1. The molecule has 2 aliphatic rings. The van der Waals surface area contributed by atoms with Crippen LogP contribution in [0.3, 0.4) is 0 Å². The summed E-state index contributed by atoms with van der Waals surface area (Å²) in [7, 11) is 0. The Bertz CT molecular complexity index is 557. The van der Waals surface area contributed by atoms with E-state index >= 15 is 0 Å². The Hall–Kier alpha value is -1.63. The lowest BCUT2D eigenvalue weighted by atomic mass is 9.96. The molecular formula is C17H29N5O2. The Morgan fingerprint density at radius 2 is 2.25 bits per heavy atom. The Kier molecular flexibility index (Phi) is 5.71. The highest BCUT2D eigenvalue weighted by atomic mass is 16.5. The summed E-state index contributed by atoms with van der Waals surface area (Å²) in [6.45, 7) is 7.80. The van der Waals surface area contributed by atoms with E-state index in [2.05, 4.69) is 46.5 Å². The Labute approximate surface area is 143 Å². The van der Waals surface area contributed by atoms with E-state index in [9.17, 15) is 0 Å². The van der Waals surface area contributed by atoms with Crippen molar-refractivity contribution in [3.05, 3.63) is 11.7 Å². The fraction of sp³-hybridized carbons (Fsp3) is 0.824. The monoisotopic (exact) mass is 335 g/mol. The van der Waals surface area contributed by atoms with Gasteiger partial charge in [-0.25, -0.2) is 0 Å². The molecule has 0 saturated carbocycles. The standard InChI is InChI=1S/C17H29N5O2/c1-4-18-17(20-13-10-12-7-8-14(13)23-12)19-9-5-6-15-21-16(11(2)3)22-24-15/h11-14H,4-10H2,1-3H3,(H2,18,19,20). The first-order chi connectivity index (χ1) is 11.7. The molecule has 2 N–H and O–H groups in total. The normalized spacial score (nSPS) is 26.3. The second kappa shape index (κ2) is 7.96. The topological polar surface area (TPSA) is 84.6 Å². The lowest BCUT2D eigenvalue weighted by molar-refractivity contribution is 0.0992. The molecule has 2 fully saturated rings. The van der Waals surface area contributed by atoms with Crippen LogP contribution in [0.15, 0.2) is 9.52 Å². The van der Waals surface area contributed by atoms with Crippen LogP contribution in [0.25, 0.3) is 0 Å². The fourth-order valence-electron chi connectivity index (χ4n) is 3.31. The summed E-state index contributed by atoms with van der Waals surface area (Å²) in [6.07, 6.45) is 5.92. The number of aryl methyl sites for hydroxylation is 1. The van der Waals surface area contributed by atoms with E-state index in [1.165, 1.54) is 6.42 Å². The van der Waals surface area contributed by atoms with Gasteiger partial charge in [-0.2, -0.15) is 4.98 Å². The number of guanidine groups is 1. The number of nitrogens with zero attached hydrogens (tertiary/aromatic N) is 3. The minimum absolute atomic E-state index is 0.300. The predicted octanol–water partition coefficient (Wildman–Crippen LogP) is 2.00. The fourth-order valence-corrected chi connectivity index (χ4v) is 3.31. The van der Waals surface area contributed by atoms with Gasteiger partial charge in [0.25, 0.3) is 0 Å². The lowest BCUT2D eigenvalue weighted by Crippen LogP contribution is -2.47. The molecule has 3 unspecified atom stereocenters. The van der Waals surface area contributed by atoms with Gasteiger partial charge in [-0.3, -0.25) is 4.99 Å². The molecule has 2 bridgehead atoms. The predicted molar refractivity (Wildman–Crippen MR) is 92.1 cm³/mol. The van der Waals surface area contributed by atoms with Crippen molar-refractivity contribution in [1.29, 1.82) is 0 Å². The summed E-state index contributed by atoms with van der Waals surface area (Å²) in [5.41, 5.74) is 0. The Morgan fingerprint density at radius 3 is 2.88 bits per heavy atom. The first kappa shape index (κ1) is 17.2. The lowest BCUT2D eigenvalue weighted by Gasteiger charge is -2.22. The molecule has 134 valence electrons. The molecule has 0 aromatic carbocycles. The van der Waals surface area contributed by atoms with Crippen molar-refractivity contribution in [2.45, 2.75) is 77.0 Å². The van der Waals surface area contributed by atoms with Crippen molar-refractivity contribution in [2.24, 2.45) is 4.99 Å². The van der Waals surface area contributed by atoms with E-state index in [1.807, 2.05) is 0 Å². The van der Waals surface area contributed by atoms with Crippen molar-refractivity contribution < 1.29 is 9.26 Å². The molecule has 7 heteroatoms. The zero-order chi connectivity index (χ0) is 16.9. The summed E-state index contributed by atoms with van der Waals surface area (Å²) < 4.78 is 11.2. The number of fused-ring (bicyclic) bond motifs is 2. The van der Waals surface area contributed by atoms with E-state index < -0.39 is 0 Å². The molecule has 2 aliphatic heterocycles. The molecule has 0 amide bonds. The third kappa shape index (κ3) is 4.26. The molecule has 7 nitrogen and oxygen atoms in total. The van der Waals surface area contributed by atoms with Crippen molar-refractivity contribution in [2.75, 3.05) is 13.1 Å². The van der Waals surface area contributed by atoms with Gasteiger partial charge in [0.15, 0.2) is 11.8 Å². The van der Waals surface area contributed by atoms with Gasteiger partial charge in [-0.05, 0) is 32.6 Å². The molecule has 0 spiro atoms. The molecule has 1 aromatic heterocycles. The molecule has 3 atom stereocenters. The maximum absolute atomic E-state index is 5.90. The smallest absolute Gasteiger partial charge is 0.226 e. The van der Waals surface area contributed by atoms with Crippen LogP contribution < -0.4 is 10.6 Å². The average molecular weight is 335 g/mol. The number of nitrogens with one attached hydrogen (secondary N) is 2. The number of aromatic nitrogens is 2.